The lowest BCUT2D eigenvalue weighted by molar-refractivity contribution is 0.0595. The summed E-state index contributed by atoms with van der Waals surface area (Å²) in [6.07, 6.45) is 4.72. The lowest BCUT2D eigenvalue weighted by atomic mass is 9.73. The van der Waals surface area contributed by atoms with Gasteiger partial charge >= 0.3 is 13.3 Å². The Morgan fingerprint density at radius 1 is 1.31 bits per heavy atom. The number of thiophene rings is 1. The van der Waals surface area contributed by atoms with E-state index < -0.39 is 24.0 Å². The van der Waals surface area contributed by atoms with Crippen LogP contribution in [-0.2, 0) is 10.2 Å². The molecule has 0 bridgehead atoms. The van der Waals surface area contributed by atoms with Crippen molar-refractivity contribution in [3.05, 3.63) is 27.0 Å². The van der Waals surface area contributed by atoms with Gasteiger partial charge in [0.2, 0.25) is 5.91 Å². The van der Waals surface area contributed by atoms with Gasteiger partial charge in [-0.1, -0.05) is 0 Å². The summed E-state index contributed by atoms with van der Waals surface area (Å²) in [6, 6.07) is 2.71. The molecule has 0 radical (unpaired) electrons. The van der Waals surface area contributed by atoms with Gasteiger partial charge in [0.25, 0.3) is 0 Å². The van der Waals surface area contributed by atoms with E-state index in [-0.39, 0.29) is 25.9 Å². The molecular formula is C18H19BrF2NO5PS. The van der Waals surface area contributed by atoms with Crippen LogP contribution in [0.15, 0.2) is 16.6 Å². The number of alkyl halides is 2. The molecule has 0 spiro atoms. The number of carbonyl (C=O) groups is 1. The number of ether oxygens (including phenoxy) is 1. The predicted molar refractivity (Wildman–Crippen MR) is 108 cm³/mol. The zero-order chi connectivity index (χ0) is 21.1. The molecule has 2 fully saturated rings. The lowest BCUT2D eigenvalue weighted by Crippen LogP contribution is -2.29. The summed E-state index contributed by atoms with van der Waals surface area (Å²) in [6.45, 7) is 0.389. The fourth-order valence-electron chi connectivity index (χ4n) is 3.80. The number of primary amides is 1. The van der Waals surface area contributed by atoms with Crippen molar-refractivity contribution in [2.24, 2.45) is 23.5 Å². The number of fused-ring (bicyclic) bond motifs is 1. The lowest BCUT2D eigenvalue weighted by Gasteiger charge is -2.35. The molecule has 2 aromatic rings. The Morgan fingerprint density at radius 3 is 2.52 bits per heavy atom. The molecule has 4 N–H and O–H groups in total. The highest BCUT2D eigenvalue weighted by Crippen LogP contribution is 2.63. The molecule has 158 valence electrons. The van der Waals surface area contributed by atoms with Gasteiger partial charge in [-0.3, -0.25) is 9.36 Å². The van der Waals surface area contributed by atoms with E-state index in [0.29, 0.717) is 23.9 Å². The van der Waals surface area contributed by atoms with Crippen LogP contribution >= 0.6 is 34.9 Å². The van der Waals surface area contributed by atoms with Crippen molar-refractivity contribution in [1.29, 1.82) is 0 Å². The average Bonchev–Trinajstić information content (AvgIpc) is 3.35. The van der Waals surface area contributed by atoms with E-state index in [1.165, 1.54) is 25.0 Å². The van der Waals surface area contributed by atoms with Crippen molar-refractivity contribution < 1.29 is 32.7 Å². The Bertz CT molecular complexity index is 1030. The monoisotopic (exact) mass is 509 g/mol. The Hall–Kier alpha value is -1.06. The van der Waals surface area contributed by atoms with Crippen LogP contribution in [0.4, 0.5) is 8.78 Å². The highest BCUT2D eigenvalue weighted by molar-refractivity contribution is 9.10. The Balaban J connectivity index is 1.67. The molecular weight excluding hydrogens is 491 g/mol. The van der Waals surface area contributed by atoms with Gasteiger partial charge in [-0.05, 0) is 71.5 Å². The number of rotatable bonds is 7. The molecule has 6 nitrogen and oxygen atoms in total. The molecule has 29 heavy (non-hydrogen) atoms. The molecule has 2 aliphatic carbocycles. The van der Waals surface area contributed by atoms with Gasteiger partial charge in [0, 0.05) is 15.4 Å². The zero-order valence-corrected chi connectivity index (χ0v) is 18.4. The molecule has 11 heteroatoms. The van der Waals surface area contributed by atoms with E-state index in [1.54, 1.807) is 0 Å². The van der Waals surface area contributed by atoms with Crippen LogP contribution in [0.2, 0.25) is 0 Å². The number of nitrogens with two attached hydrogens (primary N) is 1. The molecule has 1 amide bonds. The van der Waals surface area contributed by atoms with Gasteiger partial charge in [-0.2, -0.15) is 8.78 Å². The van der Waals surface area contributed by atoms with E-state index in [9.17, 15) is 18.1 Å². The van der Waals surface area contributed by atoms with Gasteiger partial charge in [0.05, 0.1) is 11.3 Å². The molecule has 2 saturated carbocycles. The van der Waals surface area contributed by atoms with Crippen LogP contribution in [0.1, 0.15) is 40.9 Å². The van der Waals surface area contributed by atoms with E-state index in [0.717, 1.165) is 24.7 Å². The van der Waals surface area contributed by atoms with Crippen molar-refractivity contribution in [2.45, 2.75) is 31.3 Å². The van der Waals surface area contributed by atoms with E-state index >= 15 is 0 Å². The Morgan fingerprint density at radius 2 is 1.97 bits per heavy atom. The van der Waals surface area contributed by atoms with Gasteiger partial charge in [-0.15, -0.1) is 11.3 Å². The number of benzene rings is 1. The molecule has 0 saturated heterocycles. The third-order valence-electron chi connectivity index (χ3n) is 5.65. The maximum absolute atomic E-state index is 14.3. The van der Waals surface area contributed by atoms with Crippen LogP contribution in [-0.4, -0.2) is 22.3 Å². The molecule has 0 unspecified atom stereocenters. The first-order chi connectivity index (χ1) is 13.5. The van der Waals surface area contributed by atoms with Crippen molar-refractivity contribution in [3.63, 3.8) is 0 Å². The minimum absolute atomic E-state index is 0.0708. The van der Waals surface area contributed by atoms with Crippen LogP contribution < -0.4 is 10.5 Å². The SMILES string of the molecule is NC(=O)c1cc(OCC2CC(C3CC3)C2)c2sc(C(F)(F)P(=O)(O)O)c(Br)c2c1. The zero-order valence-electron chi connectivity index (χ0n) is 15.1. The predicted octanol–water partition coefficient (Wildman–Crippen LogP) is 4.80. The minimum Gasteiger partial charge on any atom is -0.492 e. The summed E-state index contributed by atoms with van der Waals surface area (Å²) in [7, 11) is -5.74. The van der Waals surface area contributed by atoms with Gasteiger partial charge in [0.15, 0.2) is 0 Å². The van der Waals surface area contributed by atoms with Crippen LogP contribution in [0.3, 0.4) is 0 Å². The second-order valence-electron chi connectivity index (χ2n) is 7.79. The topological polar surface area (TPSA) is 110 Å². The van der Waals surface area contributed by atoms with Gasteiger partial charge in [-0.25, -0.2) is 0 Å². The number of hydrogen-bond acceptors (Lipinski definition) is 4. The number of carbonyl (C=O) groups excluding carboxylic acids is 1. The first kappa shape index (κ1) is 21.2. The summed E-state index contributed by atoms with van der Waals surface area (Å²) in [5.74, 6) is 1.40. The van der Waals surface area contributed by atoms with Crippen LogP contribution in [0, 0.1) is 17.8 Å². The van der Waals surface area contributed by atoms with Crippen LogP contribution in [0.25, 0.3) is 10.1 Å². The Kier molecular flexibility index (Phi) is 5.31. The standard InChI is InChI=1S/C18H19BrF2NO5PS/c19-14-12-5-11(17(22)23)6-13(27-7-8-3-10(4-8)9-1-2-9)15(12)29-16(14)18(20,21)28(24,25)26/h5-6,8-10H,1-4,7H2,(H2,22,23)(H2,24,25,26). The highest BCUT2D eigenvalue weighted by Gasteiger charge is 2.53. The quantitative estimate of drug-likeness (QED) is 0.464. The number of amides is 1. The van der Waals surface area contributed by atoms with Crippen molar-refractivity contribution >= 4 is 50.9 Å². The maximum atomic E-state index is 14.3. The largest absolute Gasteiger partial charge is 0.492 e. The first-order valence-electron chi connectivity index (χ1n) is 9.11. The summed E-state index contributed by atoms with van der Waals surface area (Å²) in [4.78, 5) is 29.1. The number of hydrogen-bond donors (Lipinski definition) is 3. The molecule has 4 rings (SSSR count). The summed E-state index contributed by atoms with van der Waals surface area (Å²) in [5, 5.41) is 0.203. The number of halogens is 3. The minimum atomic E-state index is -5.74. The van der Waals surface area contributed by atoms with Crippen molar-refractivity contribution in [3.8, 4) is 5.75 Å². The van der Waals surface area contributed by atoms with E-state index in [1.807, 2.05) is 0 Å². The molecule has 0 atom stereocenters. The third kappa shape index (κ3) is 3.85. The third-order valence-corrected chi connectivity index (χ3v) is 9.14. The molecule has 2 aliphatic rings. The maximum Gasteiger partial charge on any atom is 0.400 e. The van der Waals surface area contributed by atoms with Gasteiger partial charge < -0.3 is 20.3 Å². The molecule has 1 heterocycles. The average molecular weight is 510 g/mol. The fraction of sp³-hybridized carbons (Fsp3) is 0.500. The Labute approximate surface area is 177 Å². The first-order valence-corrected chi connectivity index (χ1v) is 12.3. The second kappa shape index (κ2) is 7.27. The van der Waals surface area contributed by atoms with E-state index in [4.69, 9.17) is 20.3 Å². The molecule has 0 aliphatic heterocycles. The normalized spacial score (nSPS) is 22.5. The summed E-state index contributed by atoms with van der Waals surface area (Å²) >= 11 is 3.54. The summed E-state index contributed by atoms with van der Waals surface area (Å²) < 4.78 is 46.0. The van der Waals surface area contributed by atoms with Gasteiger partial charge in [0.1, 0.15) is 10.6 Å². The smallest absolute Gasteiger partial charge is 0.400 e. The molecule has 1 aromatic carbocycles. The fourth-order valence-corrected chi connectivity index (χ4v) is 6.77. The highest BCUT2D eigenvalue weighted by atomic mass is 79.9. The summed E-state index contributed by atoms with van der Waals surface area (Å²) in [5.41, 5.74) is 1.06. The second-order valence-corrected chi connectivity index (χ2v) is 11.3. The van der Waals surface area contributed by atoms with Crippen molar-refractivity contribution in [2.75, 3.05) is 6.61 Å². The van der Waals surface area contributed by atoms with E-state index in [2.05, 4.69) is 15.9 Å². The molecule has 1 aromatic heterocycles. The van der Waals surface area contributed by atoms with Crippen molar-refractivity contribution in [1.82, 2.24) is 0 Å². The van der Waals surface area contributed by atoms with Crippen LogP contribution in [0.5, 0.6) is 5.75 Å².